The Morgan fingerprint density at radius 2 is 0.326 bits per heavy atom. The van der Waals surface area contributed by atoms with Crippen molar-refractivity contribution in [3.05, 3.63) is 300 Å². The molecule has 13 aromatic rings. The van der Waals surface area contributed by atoms with Crippen molar-refractivity contribution >= 4 is 111 Å². The molecule has 86 heavy (non-hydrogen) atoms. The molecule has 0 aliphatic heterocycles. The average molecular weight is 1120 g/mol. The number of nitrogens with zero attached hydrogens (tertiary/aromatic N) is 4. The largest absolute Gasteiger partial charge is 0.309 e. The van der Waals surface area contributed by atoms with Crippen LogP contribution in [-0.2, 0) is 10.8 Å². The van der Waals surface area contributed by atoms with E-state index >= 15 is 0 Å². The summed E-state index contributed by atoms with van der Waals surface area (Å²) in [5, 5.41) is 9.24. The number of hydrogen-bond acceptors (Lipinski definition) is 4. The van der Waals surface area contributed by atoms with E-state index in [9.17, 15) is 0 Å². The zero-order chi connectivity index (χ0) is 59.4. The molecule has 0 saturated heterocycles. The second-order valence-corrected chi connectivity index (χ2v) is 25.4. The summed E-state index contributed by atoms with van der Waals surface area (Å²) < 4.78 is 0. The van der Waals surface area contributed by atoms with Crippen LogP contribution < -0.4 is 19.6 Å². The standard InChI is InChI=1S/C82H74N4/c1-55-27-39-61(40-28-55)83(62-41-29-56(2)30-42-62)77-69-19-11-15-23-73(69)79(74-24-16-12-20-70(74)77)85(65-47-35-59(36-48-65)81(5,6)7)67-51-53-68(54-52-67)86(66-49-37-60(38-50-66)82(8,9)10)80-75-25-17-13-21-71(75)78(72-22-14-18-26-76(72)80)84(63-43-31-57(3)32-44-63)64-45-33-58(4)34-46-64/h11-54H,1-10H3. The number of benzene rings is 13. The summed E-state index contributed by atoms with van der Waals surface area (Å²) in [7, 11) is 0. The average Bonchev–Trinajstić information content (AvgIpc) is 1.72. The first-order valence-electron chi connectivity index (χ1n) is 30.2. The van der Waals surface area contributed by atoms with Gasteiger partial charge in [0.2, 0.25) is 0 Å². The molecular weight excluding hydrogens is 1040 g/mol. The SMILES string of the molecule is Cc1ccc(N(c2ccc(C)cc2)c2c3ccccc3c(N(c3ccc(N(c4ccc(C(C)(C)C)cc4)c4c5ccccc5c(N(c5ccc(C)cc5)c5ccc(C)cc5)c5ccccc45)cc3)c3ccc(C(C)(C)C)cc3)c3ccccc23)cc1. The molecule has 4 nitrogen and oxygen atoms in total. The third-order valence-corrected chi connectivity index (χ3v) is 17.2. The molecule has 0 aliphatic carbocycles. The lowest BCUT2D eigenvalue weighted by atomic mass is 9.87. The van der Waals surface area contributed by atoms with Crippen molar-refractivity contribution in [1.29, 1.82) is 0 Å². The number of rotatable bonds is 12. The van der Waals surface area contributed by atoms with Crippen LogP contribution in [0.1, 0.15) is 74.9 Å². The van der Waals surface area contributed by atoms with E-state index in [2.05, 4.69) is 356 Å². The van der Waals surface area contributed by atoms with Gasteiger partial charge in [-0.15, -0.1) is 0 Å². The molecule has 13 aromatic carbocycles. The number of aryl methyl sites for hydroxylation is 4. The minimum atomic E-state index is -0.0256. The summed E-state index contributed by atoms with van der Waals surface area (Å²) in [4.78, 5) is 9.91. The van der Waals surface area contributed by atoms with Crippen molar-refractivity contribution in [3.63, 3.8) is 0 Å². The molecule has 13 rings (SSSR count). The third-order valence-electron chi connectivity index (χ3n) is 17.2. The van der Waals surface area contributed by atoms with Gasteiger partial charge in [-0.05, 0) is 147 Å². The Morgan fingerprint density at radius 3 is 0.477 bits per heavy atom. The lowest BCUT2D eigenvalue weighted by molar-refractivity contribution is 0.590. The fourth-order valence-corrected chi connectivity index (χ4v) is 12.5. The summed E-state index contributed by atoms with van der Waals surface area (Å²) in [5.41, 5.74) is 20.6. The van der Waals surface area contributed by atoms with Gasteiger partial charge in [-0.3, -0.25) is 0 Å². The van der Waals surface area contributed by atoms with Crippen molar-refractivity contribution in [2.45, 2.75) is 80.1 Å². The van der Waals surface area contributed by atoms with Crippen molar-refractivity contribution in [2.75, 3.05) is 19.6 Å². The van der Waals surface area contributed by atoms with E-state index in [1.807, 2.05) is 0 Å². The predicted octanol–water partition coefficient (Wildman–Crippen LogP) is 24.0. The summed E-state index contributed by atoms with van der Waals surface area (Å²) in [6.45, 7) is 22.4. The molecule has 0 aromatic heterocycles. The van der Waals surface area contributed by atoms with Gasteiger partial charge in [0, 0.05) is 88.6 Å². The highest BCUT2D eigenvalue weighted by Crippen LogP contribution is 2.54. The first-order valence-corrected chi connectivity index (χ1v) is 30.2. The lowest BCUT2D eigenvalue weighted by Gasteiger charge is -2.34. The van der Waals surface area contributed by atoms with Crippen LogP contribution >= 0.6 is 0 Å². The van der Waals surface area contributed by atoms with Gasteiger partial charge in [0.25, 0.3) is 0 Å². The van der Waals surface area contributed by atoms with Gasteiger partial charge in [0.1, 0.15) is 0 Å². The molecule has 0 heterocycles. The summed E-state index contributed by atoms with van der Waals surface area (Å²) >= 11 is 0. The van der Waals surface area contributed by atoms with Crippen LogP contribution in [0.25, 0.3) is 43.1 Å². The monoisotopic (exact) mass is 1110 g/mol. The Balaban J connectivity index is 1.05. The van der Waals surface area contributed by atoms with Crippen molar-refractivity contribution < 1.29 is 0 Å². The number of anilines is 12. The van der Waals surface area contributed by atoms with E-state index in [1.54, 1.807) is 0 Å². The van der Waals surface area contributed by atoms with Crippen molar-refractivity contribution in [2.24, 2.45) is 0 Å². The normalized spacial score (nSPS) is 11.8. The zero-order valence-corrected chi connectivity index (χ0v) is 51.2. The van der Waals surface area contributed by atoms with Crippen LogP contribution in [0.15, 0.2) is 267 Å². The predicted molar refractivity (Wildman–Crippen MR) is 372 cm³/mol. The highest BCUT2D eigenvalue weighted by Gasteiger charge is 2.29. The van der Waals surface area contributed by atoms with E-state index in [-0.39, 0.29) is 10.8 Å². The fourth-order valence-electron chi connectivity index (χ4n) is 12.5. The Kier molecular flexibility index (Phi) is 14.3. The molecule has 0 N–H and O–H groups in total. The van der Waals surface area contributed by atoms with E-state index in [4.69, 9.17) is 0 Å². The van der Waals surface area contributed by atoms with Gasteiger partial charge in [0.05, 0.1) is 22.7 Å². The third kappa shape index (κ3) is 10.3. The van der Waals surface area contributed by atoms with E-state index in [1.165, 1.54) is 33.4 Å². The maximum absolute atomic E-state index is 2.50. The highest BCUT2D eigenvalue weighted by molar-refractivity contribution is 6.25. The number of hydrogen-bond donors (Lipinski definition) is 0. The van der Waals surface area contributed by atoms with E-state index in [0.29, 0.717) is 0 Å². The van der Waals surface area contributed by atoms with Crippen LogP contribution in [0.5, 0.6) is 0 Å². The Labute approximate surface area is 508 Å². The van der Waals surface area contributed by atoms with Gasteiger partial charge < -0.3 is 19.6 Å². The van der Waals surface area contributed by atoms with Crippen molar-refractivity contribution in [3.8, 4) is 0 Å². The molecule has 0 atom stereocenters. The molecule has 4 heteroatoms. The molecule has 422 valence electrons. The molecule has 0 aliphatic rings. The molecule has 0 amide bonds. The van der Waals surface area contributed by atoms with Crippen LogP contribution in [0.2, 0.25) is 0 Å². The molecule has 0 bridgehead atoms. The van der Waals surface area contributed by atoms with Crippen LogP contribution in [0.3, 0.4) is 0 Å². The quantitative estimate of drug-likeness (QED) is 0.0893. The first-order chi connectivity index (χ1) is 41.6. The molecule has 0 radical (unpaired) electrons. The second kappa shape index (κ2) is 22.3. The Hall–Kier alpha value is -9.90. The van der Waals surface area contributed by atoms with Crippen molar-refractivity contribution in [1.82, 2.24) is 0 Å². The lowest BCUT2D eigenvalue weighted by Crippen LogP contribution is -2.16. The molecule has 0 fully saturated rings. The summed E-state index contributed by atoms with van der Waals surface area (Å²) in [6, 6.07) is 99.7. The van der Waals surface area contributed by atoms with Crippen LogP contribution in [0.4, 0.5) is 68.2 Å². The molecular formula is C82H74N4. The molecule has 0 unspecified atom stereocenters. The summed E-state index contributed by atoms with van der Waals surface area (Å²) in [6.07, 6.45) is 0. The molecule has 0 spiro atoms. The zero-order valence-electron chi connectivity index (χ0n) is 51.2. The van der Waals surface area contributed by atoms with Gasteiger partial charge >= 0.3 is 0 Å². The van der Waals surface area contributed by atoms with Gasteiger partial charge in [-0.25, -0.2) is 0 Å². The smallest absolute Gasteiger partial charge is 0.0619 e. The maximum Gasteiger partial charge on any atom is 0.0619 e. The number of fused-ring (bicyclic) bond motifs is 4. The Morgan fingerprint density at radius 1 is 0.186 bits per heavy atom. The summed E-state index contributed by atoms with van der Waals surface area (Å²) in [5.74, 6) is 0. The van der Waals surface area contributed by atoms with Gasteiger partial charge in [-0.1, -0.05) is 234 Å². The second-order valence-electron chi connectivity index (χ2n) is 25.4. The van der Waals surface area contributed by atoms with Gasteiger partial charge in [0.15, 0.2) is 0 Å². The minimum absolute atomic E-state index is 0.0256. The van der Waals surface area contributed by atoms with E-state index < -0.39 is 0 Å². The first kappa shape index (κ1) is 55.3. The topological polar surface area (TPSA) is 13.0 Å². The fraction of sp³-hybridized carbons (Fsp3) is 0.146. The maximum atomic E-state index is 2.50. The highest BCUT2D eigenvalue weighted by atomic mass is 15.2. The van der Waals surface area contributed by atoms with E-state index in [0.717, 1.165) is 111 Å². The molecule has 0 saturated carbocycles. The Bertz CT molecular complexity index is 4080. The van der Waals surface area contributed by atoms with Gasteiger partial charge in [-0.2, -0.15) is 0 Å². The van der Waals surface area contributed by atoms with Crippen LogP contribution in [0, 0.1) is 27.7 Å². The van der Waals surface area contributed by atoms with Crippen LogP contribution in [-0.4, -0.2) is 0 Å². The minimum Gasteiger partial charge on any atom is -0.309 e.